The highest BCUT2D eigenvalue weighted by molar-refractivity contribution is 6.31. The molecule has 1 aliphatic rings. The first-order valence-electron chi connectivity index (χ1n) is 6.55. The molecule has 5 heteroatoms. The minimum absolute atomic E-state index is 0.441. The summed E-state index contributed by atoms with van der Waals surface area (Å²) < 4.78 is 0. The highest BCUT2D eigenvalue weighted by Crippen LogP contribution is 2.23. The van der Waals surface area contributed by atoms with Gasteiger partial charge in [0.05, 0.1) is 0 Å². The smallest absolute Gasteiger partial charge is 0.248 e. The van der Waals surface area contributed by atoms with Gasteiger partial charge >= 0.3 is 0 Å². The highest BCUT2D eigenvalue weighted by atomic mass is 35.5. The van der Waals surface area contributed by atoms with Crippen molar-refractivity contribution in [3.63, 3.8) is 0 Å². The fourth-order valence-electron chi connectivity index (χ4n) is 2.58. The summed E-state index contributed by atoms with van der Waals surface area (Å²) in [5.74, 6) is 0.275. The van der Waals surface area contributed by atoms with Gasteiger partial charge in [0.2, 0.25) is 5.91 Å². The van der Waals surface area contributed by atoms with E-state index in [2.05, 4.69) is 10.2 Å². The van der Waals surface area contributed by atoms with Crippen LogP contribution in [0.4, 0.5) is 0 Å². The molecule has 0 aromatic heterocycles. The lowest BCUT2D eigenvalue weighted by atomic mass is 10.1. The van der Waals surface area contributed by atoms with Gasteiger partial charge in [0, 0.05) is 23.7 Å². The first-order chi connectivity index (χ1) is 9.10. The summed E-state index contributed by atoms with van der Waals surface area (Å²) in [4.78, 5) is 13.5. The standard InChI is InChI=1S/C14H20ClN3O/c1-17-7-10-4-5-18(8-10)9-12-3-2-11(14(16)19)6-13(12)15/h2-3,6,10,17H,4-5,7-9H2,1H3,(H2,16,19). The van der Waals surface area contributed by atoms with Gasteiger partial charge < -0.3 is 11.1 Å². The molecule has 0 spiro atoms. The predicted molar refractivity (Wildman–Crippen MR) is 77.3 cm³/mol. The summed E-state index contributed by atoms with van der Waals surface area (Å²) >= 11 is 6.20. The van der Waals surface area contributed by atoms with Gasteiger partial charge in [-0.2, -0.15) is 0 Å². The number of nitrogens with two attached hydrogens (primary N) is 1. The van der Waals surface area contributed by atoms with Gasteiger partial charge in [-0.05, 0) is 50.2 Å². The zero-order valence-electron chi connectivity index (χ0n) is 11.2. The van der Waals surface area contributed by atoms with Crippen LogP contribution in [0.2, 0.25) is 5.02 Å². The summed E-state index contributed by atoms with van der Waals surface area (Å²) in [7, 11) is 1.99. The molecular formula is C14H20ClN3O. The van der Waals surface area contributed by atoms with Crippen molar-refractivity contribution in [2.75, 3.05) is 26.7 Å². The first-order valence-corrected chi connectivity index (χ1v) is 6.93. The zero-order chi connectivity index (χ0) is 13.8. The molecule has 19 heavy (non-hydrogen) atoms. The van der Waals surface area contributed by atoms with Crippen LogP contribution in [0.15, 0.2) is 18.2 Å². The number of hydrogen-bond acceptors (Lipinski definition) is 3. The fourth-order valence-corrected chi connectivity index (χ4v) is 2.82. The van der Waals surface area contributed by atoms with Gasteiger partial charge in [0.15, 0.2) is 0 Å². The van der Waals surface area contributed by atoms with E-state index in [0.717, 1.165) is 31.7 Å². The van der Waals surface area contributed by atoms with Crippen LogP contribution in [0.1, 0.15) is 22.3 Å². The second kappa shape index (κ2) is 6.37. The van der Waals surface area contributed by atoms with Crippen LogP contribution in [-0.2, 0) is 6.54 Å². The number of halogens is 1. The van der Waals surface area contributed by atoms with Crippen molar-refractivity contribution >= 4 is 17.5 Å². The van der Waals surface area contributed by atoms with E-state index >= 15 is 0 Å². The van der Waals surface area contributed by atoms with Crippen molar-refractivity contribution in [3.05, 3.63) is 34.3 Å². The lowest BCUT2D eigenvalue weighted by molar-refractivity contribution is 0.100. The van der Waals surface area contributed by atoms with E-state index in [1.165, 1.54) is 6.42 Å². The number of carbonyl (C=O) groups excluding carboxylic acids is 1. The van der Waals surface area contributed by atoms with Gasteiger partial charge in [0.25, 0.3) is 0 Å². The number of nitrogens with one attached hydrogen (secondary N) is 1. The van der Waals surface area contributed by atoms with Crippen LogP contribution in [0.5, 0.6) is 0 Å². The van der Waals surface area contributed by atoms with Crippen LogP contribution < -0.4 is 11.1 Å². The van der Waals surface area contributed by atoms with Gasteiger partial charge in [-0.1, -0.05) is 17.7 Å². The molecule has 1 aliphatic heterocycles. The Morgan fingerprint density at radius 2 is 2.37 bits per heavy atom. The maximum Gasteiger partial charge on any atom is 0.248 e. The average molecular weight is 282 g/mol. The van der Waals surface area contributed by atoms with E-state index in [0.29, 0.717) is 16.5 Å². The van der Waals surface area contributed by atoms with E-state index in [9.17, 15) is 4.79 Å². The van der Waals surface area contributed by atoms with E-state index in [1.54, 1.807) is 12.1 Å². The first kappa shape index (κ1) is 14.3. The predicted octanol–water partition coefficient (Wildman–Crippen LogP) is 1.48. The molecule has 4 nitrogen and oxygen atoms in total. The molecule has 1 atom stereocenters. The van der Waals surface area contributed by atoms with Crippen LogP contribution in [0.25, 0.3) is 0 Å². The summed E-state index contributed by atoms with van der Waals surface area (Å²) in [6.45, 7) is 4.08. The number of primary amides is 1. The Morgan fingerprint density at radius 1 is 1.58 bits per heavy atom. The van der Waals surface area contributed by atoms with Crippen molar-refractivity contribution in [3.8, 4) is 0 Å². The maximum atomic E-state index is 11.1. The van der Waals surface area contributed by atoms with Gasteiger partial charge in [-0.25, -0.2) is 0 Å². The summed E-state index contributed by atoms with van der Waals surface area (Å²) in [6, 6.07) is 5.29. The Bertz CT molecular complexity index is 464. The molecule has 1 fully saturated rings. The molecular weight excluding hydrogens is 262 g/mol. The molecule has 104 valence electrons. The van der Waals surface area contributed by atoms with Crippen molar-refractivity contribution < 1.29 is 4.79 Å². The van der Waals surface area contributed by atoms with Crippen LogP contribution >= 0.6 is 11.6 Å². The lowest BCUT2D eigenvalue weighted by Crippen LogP contribution is -2.24. The number of carbonyl (C=O) groups is 1. The summed E-state index contributed by atoms with van der Waals surface area (Å²) in [6.07, 6.45) is 1.22. The zero-order valence-corrected chi connectivity index (χ0v) is 11.9. The van der Waals surface area contributed by atoms with Crippen molar-refractivity contribution in [1.29, 1.82) is 0 Å². The molecule has 1 unspecified atom stereocenters. The lowest BCUT2D eigenvalue weighted by Gasteiger charge is -2.17. The second-order valence-corrected chi connectivity index (χ2v) is 5.53. The number of likely N-dealkylation sites (tertiary alicyclic amines) is 1. The number of nitrogens with zero attached hydrogens (tertiary/aromatic N) is 1. The van der Waals surface area contributed by atoms with Gasteiger partial charge in [0.1, 0.15) is 0 Å². The van der Waals surface area contributed by atoms with Crippen LogP contribution in [-0.4, -0.2) is 37.5 Å². The van der Waals surface area contributed by atoms with Gasteiger partial charge in [-0.3, -0.25) is 9.69 Å². The Hall–Kier alpha value is -1.10. The number of benzene rings is 1. The van der Waals surface area contributed by atoms with Crippen LogP contribution in [0, 0.1) is 5.92 Å². The molecule has 1 amide bonds. The van der Waals surface area contributed by atoms with E-state index in [-0.39, 0.29) is 0 Å². The minimum atomic E-state index is -0.441. The quantitative estimate of drug-likeness (QED) is 0.859. The molecule has 0 aliphatic carbocycles. The molecule has 3 N–H and O–H groups in total. The second-order valence-electron chi connectivity index (χ2n) is 5.12. The van der Waals surface area contributed by atoms with Crippen molar-refractivity contribution in [1.82, 2.24) is 10.2 Å². The Balaban J connectivity index is 1.98. The normalized spacial score (nSPS) is 19.8. The Kier molecular flexibility index (Phi) is 4.80. The third-order valence-electron chi connectivity index (χ3n) is 3.59. The molecule has 1 aromatic rings. The van der Waals surface area contributed by atoms with Crippen LogP contribution in [0.3, 0.4) is 0 Å². The Morgan fingerprint density at radius 3 is 3.00 bits per heavy atom. The Labute approximate surface area is 118 Å². The number of amides is 1. The third kappa shape index (κ3) is 3.69. The summed E-state index contributed by atoms with van der Waals surface area (Å²) in [5.41, 5.74) is 6.75. The fraction of sp³-hybridized carbons (Fsp3) is 0.500. The van der Waals surface area contributed by atoms with E-state index < -0.39 is 5.91 Å². The van der Waals surface area contributed by atoms with E-state index in [1.807, 2.05) is 13.1 Å². The molecule has 0 saturated carbocycles. The molecule has 0 bridgehead atoms. The molecule has 0 radical (unpaired) electrons. The third-order valence-corrected chi connectivity index (χ3v) is 3.95. The molecule has 2 rings (SSSR count). The molecule has 1 saturated heterocycles. The minimum Gasteiger partial charge on any atom is -0.366 e. The SMILES string of the molecule is CNCC1CCN(Cc2ccc(C(N)=O)cc2Cl)C1. The monoisotopic (exact) mass is 281 g/mol. The average Bonchev–Trinajstić information content (AvgIpc) is 2.79. The summed E-state index contributed by atoms with van der Waals surface area (Å²) in [5, 5.41) is 3.84. The largest absolute Gasteiger partial charge is 0.366 e. The highest BCUT2D eigenvalue weighted by Gasteiger charge is 2.22. The van der Waals surface area contributed by atoms with Crippen molar-refractivity contribution in [2.45, 2.75) is 13.0 Å². The van der Waals surface area contributed by atoms with E-state index in [4.69, 9.17) is 17.3 Å². The number of hydrogen-bond donors (Lipinski definition) is 2. The van der Waals surface area contributed by atoms with Crippen molar-refractivity contribution in [2.24, 2.45) is 11.7 Å². The number of rotatable bonds is 5. The van der Waals surface area contributed by atoms with Gasteiger partial charge in [-0.15, -0.1) is 0 Å². The molecule has 1 aromatic carbocycles. The maximum absolute atomic E-state index is 11.1. The molecule has 1 heterocycles. The topological polar surface area (TPSA) is 58.4 Å².